The molecule has 0 aromatic heterocycles. The molecule has 18 heavy (non-hydrogen) atoms. The molecule has 4 heteroatoms. The summed E-state index contributed by atoms with van der Waals surface area (Å²) in [4.78, 5) is 25.4. The van der Waals surface area contributed by atoms with E-state index in [2.05, 4.69) is 19.2 Å². The van der Waals surface area contributed by atoms with Crippen molar-refractivity contribution in [3.05, 3.63) is 23.5 Å². The molecule has 0 radical (unpaired) electrons. The van der Waals surface area contributed by atoms with Crippen molar-refractivity contribution in [2.45, 2.75) is 52.0 Å². The highest BCUT2D eigenvalue weighted by molar-refractivity contribution is 6.17. The van der Waals surface area contributed by atoms with E-state index in [-0.39, 0.29) is 17.9 Å². The third-order valence-corrected chi connectivity index (χ3v) is 3.62. The lowest BCUT2D eigenvalue weighted by molar-refractivity contribution is -0.125. The van der Waals surface area contributed by atoms with Crippen LogP contribution >= 0.6 is 0 Å². The van der Waals surface area contributed by atoms with E-state index >= 15 is 0 Å². The van der Waals surface area contributed by atoms with Crippen molar-refractivity contribution in [3.63, 3.8) is 0 Å². The third-order valence-electron chi connectivity index (χ3n) is 3.62. The fourth-order valence-corrected chi connectivity index (χ4v) is 2.50. The van der Waals surface area contributed by atoms with Crippen molar-refractivity contribution in [2.24, 2.45) is 0 Å². The number of rotatable bonds is 6. The molecule has 0 saturated carbocycles. The van der Waals surface area contributed by atoms with Crippen molar-refractivity contribution in [1.29, 1.82) is 0 Å². The van der Waals surface area contributed by atoms with Crippen molar-refractivity contribution in [2.75, 3.05) is 0 Å². The first kappa shape index (κ1) is 12.9. The monoisotopic (exact) mass is 248 g/mol. The van der Waals surface area contributed by atoms with Crippen LogP contribution in [0, 0.1) is 0 Å². The first-order valence-electron chi connectivity index (χ1n) is 6.74. The van der Waals surface area contributed by atoms with E-state index in [0.29, 0.717) is 11.1 Å². The molecule has 2 amide bonds. The summed E-state index contributed by atoms with van der Waals surface area (Å²) in [7, 11) is 0. The number of carbonyl (C=O) groups is 2. The lowest BCUT2D eigenvalue weighted by atomic mass is 10.0. The van der Waals surface area contributed by atoms with Gasteiger partial charge in [-0.3, -0.25) is 9.59 Å². The Morgan fingerprint density at radius 1 is 1.22 bits per heavy atom. The second kappa shape index (κ2) is 5.38. The predicted octanol–water partition coefficient (Wildman–Crippen LogP) is 2.09. The molecule has 0 spiro atoms. The minimum atomic E-state index is -0.163. The highest BCUT2D eigenvalue weighted by Gasteiger charge is 2.37. The van der Waals surface area contributed by atoms with Gasteiger partial charge in [-0.15, -0.1) is 0 Å². The van der Waals surface area contributed by atoms with Gasteiger partial charge in [-0.1, -0.05) is 33.1 Å². The molecule has 2 heterocycles. The summed E-state index contributed by atoms with van der Waals surface area (Å²) in [6, 6.07) is 0.218. The Labute approximate surface area is 108 Å². The normalized spacial score (nSPS) is 19.6. The molecular formula is C14H20N2O2. The quantitative estimate of drug-likeness (QED) is 0.732. The zero-order valence-electron chi connectivity index (χ0n) is 11.0. The van der Waals surface area contributed by atoms with Gasteiger partial charge in [-0.05, 0) is 12.8 Å². The van der Waals surface area contributed by atoms with Crippen LogP contribution in [0.1, 0.15) is 46.0 Å². The van der Waals surface area contributed by atoms with Crippen molar-refractivity contribution < 1.29 is 9.59 Å². The van der Waals surface area contributed by atoms with E-state index in [1.165, 1.54) is 19.0 Å². The van der Waals surface area contributed by atoms with Crippen LogP contribution in [0.25, 0.3) is 0 Å². The molecular weight excluding hydrogens is 228 g/mol. The SMILES string of the molecule is CCCCCC(CC)N1C=C2C(=O)NC=C2C1=O. The molecule has 2 aliphatic heterocycles. The van der Waals surface area contributed by atoms with E-state index in [0.717, 1.165) is 19.3 Å². The van der Waals surface area contributed by atoms with E-state index in [1.54, 1.807) is 11.1 Å². The van der Waals surface area contributed by atoms with E-state index in [1.807, 2.05) is 0 Å². The number of amides is 2. The van der Waals surface area contributed by atoms with Gasteiger partial charge in [0.1, 0.15) is 0 Å². The van der Waals surface area contributed by atoms with Crippen LogP contribution in [0.5, 0.6) is 0 Å². The summed E-state index contributed by atoms with van der Waals surface area (Å²) in [6.07, 6.45) is 8.68. The Morgan fingerprint density at radius 2 is 2.00 bits per heavy atom. The van der Waals surface area contributed by atoms with Crippen LogP contribution in [0.15, 0.2) is 23.5 Å². The summed E-state index contributed by atoms with van der Waals surface area (Å²) >= 11 is 0. The Hall–Kier alpha value is -1.58. The van der Waals surface area contributed by atoms with Crippen LogP contribution in [0.4, 0.5) is 0 Å². The molecule has 0 aromatic carbocycles. The van der Waals surface area contributed by atoms with Crippen molar-refractivity contribution in [3.8, 4) is 0 Å². The zero-order valence-corrected chi connectivity index (χ0v) is 11.0. The standard InChI is InChI=1S/C14H20N2O2/c1-3-5-6-7-10(4-2)16-9-12-11(14(16)18)8-15-13(12)17/h8-10H,3-7H2,1-2H3,(H,15,17). The highest BCUT2D eigenvalue weighted by atomic mass is 16.2. The van der Waals surface area contributed by atoms with Crippen molar-refractivity contribution in [1.82, 2.24) is 10.2 Å². The summed E-state index contributed by atoms with van der Waals surface area (Å²) in [5, 5.41) is 2.56. The summed E-state index contributed by atoms with van der Waals surface area (Å²) in [6.45, 7) is 4.26. The lowest BCUT2D eigenvalue weighted by Crippen LogP contribution is -2.33. The van der Waals surface area contributed by atoms with Gasteiger partial charge < -0.3 is 10.2 Å². The highest BCUT2D eigenvalue weighted by Crippen LogP contribution is 2.29. The smallest absolute Gasteiger partial charge is 0.260 e. The first-order chi connectivity index (χ1) is 8.69. The molecule has 2 rings (SSSR count). The number of nitrogens with one attached hydrogen (secondary N) is 1. The number of hydrogen-bond donors (Lipinski definition) is 1. The third kappa shape index (κ3) is 2.19. The molecule has 4 nitrogen and oxygen atoms in total. The van der Waals surface area contributed by atoms with Crippen LogP contribution in [-0.4, -0.2) is 22.8 Å². The average molecular weight is 248 g/mol. The van der Waals surface area contributed by atoms with Gasteiger partial charge in [0.2, 0.25) is 0 Å². The molecule has 0 bridgehead atoms. The van der Waals surface area contributed by atoms with Crippen molar-refractivity contribution >= 4 is 11.8 Å². The number of nitrogens with zero attached hydrogens (tertiary/aromatic N) is 1. The average Bonchev–Trinajstić information content (AvgIpc) is 2.88. The van der Waals surface area contributed by atoms with Crippen LogP contribution in [0.2, 0.25) is 0 Å². The maximum absolute atomic E-state index is 12.2. The minimum absolute atomic E-state index is 0.0355. The van der Waals surface area contributed by atoms with Crippen LogP contribution < -0.4 is 5.32 Å². The minimum Gasteiger partial charge on any atom is -0.328 e. The Morgan fingerprint density at radius 3 is 2.61 bits per heavy atom. The Balaban J connectivity index is 2.06. The number of fused-ring (bicyclic) bond motifs is 1. The maximum Gasteiger partial charge on any atom is 0.260 e. The van der Waals surface area contributed by atoms with Gasteiger partial charge in [-0.25, -0.2) is 0 Å². The topological polar surface area (TPSA) is 49.4 Å². The van der Waals surface area contributed by atoms with Gasteiger partial charge >= 0.3 is 0 Å². The van der Waals surface area contributed by atoms with Crippen LogP contribution in [-0.2, 0) is 9.59 Å². The summed E-state index contributed by atoms with van der Waals surface area (Å²) < 4.78 is 0. The number of hydrogen-bond acceptors (Lipinski definition) is 2. The maximum atomic E-state index is 12.2. The van der Waals surface area contributed by atoms with Crippen LogP contribution in [0.3, 0.4) is 0 Å². The van der Waals surface area contributed by atoms with Gasteiger partial charge in [0, 0.05) is 18.4 Å². The van der Waals surface area contributed by atoms with Gasteiger partial charge in [0.05, 0.1) is 11.1 Å². The van der Waals surface area contributed by atoms with E-state index in [4.69, 9.17) is 0 Å². The van der Waals surface area contributed by atoms with Gasteiger partial charge in [-0.2, -0.15) is 0 Å². The molecule has 0 fully saturated rings. The number of unbranched alkanes of at least 4 members (excludes halogenated alkanes) is 2. The number of carbonyl (C=O) groups excluding carboxylic acids is 2. The molecule has 0 aliphatic carbocycles. The zero-order chi connectivity index (χ0) is 13.1. The molecule has 2 aliphatic rings. The molecule has 98 valence electrons. The van der Waals surface area contributed by atoms with Gasteiger partial charge in [0.15, 0.2) is 0 Å². The first-order valence-corrected chi connectivity index (χ1v) is 6.74. The molecule has 0 aromatic rings. The molecule has 1 N–H and O–H groups in total. The predicted molar refractivity (Wildman–Crippen MR) is 69.4 cm³/mol. The summed E-state index contributed by atoms with van der Waals surface area (Å²) in [5.41, 5.74) is 1.04. The van der Waals surface area contributed by atoms with Gasteiger partial charge in [0.25, 0.3) is 11.8 Å². The fraction of sp³-hybridized carbons (Fsp3) is 0.571. The fourth-order valence-electron chi connectivity index (χ4n) is 2.50. The Kier molecular flexibility index (Phi) is 3.84. The molecule has 1 atom stereocenters. The molecule has 1 unspecified atom stereocenters. The second-order valence-corrected chi connectivity index (χ2v) is 4.84. The molecule has 0 saturated heterocycles. The second-order valence-electron chi connectivity index (χ2n) is 4.84. The Bertz CT molecular complexity index is 424. The van der Waals surface area contributed by atoms with E-state index < -0.39 is 0 Å². The lowest BCUT2D eigenvalue weighted by Gasteiger charge is -2.25. The van der Waals surface area contributed by atoms with E-state index in [9.17, 15) is 9.59 Å². The largest absolute Gasteiger partial charge is 0.328 e. The summed E-state index contributed by atoms with van der Waals surface area (Å²) in [5.74, 6) is -0.198.